The largest absolute Gasteiger partial charge is 0.491 e. The van der Waals surface area contributed by atoms with Crippen LogP contribution < -0.4 is 15.4 Å². The summed E-state index contributed by atoms with van der Waals surface area (Å²) in [4.78, 5) is 11.5. The Balaban J connectivity index is 1.64. The van der Waals surface area contributed by atoms with E-state index in [1.165, 1.54) is 16.8 Å². The van der Waals surface area contributed by atoms with Crippen LogP contribution in [0, 0.1) is 0 Å². The Bertz CT molecular complexity index is 521. The van der Waals surface area contributed by atoms with E-state index < -0.39 is 12.1 Å². The number of urea groups is 1. The minimum atomic E-state index is -0.796. The number of hydrogen-bond acceptors (Lipinski definition) is 6. The lowest BCUT2D eigenvalue weighted by Crippen LogP contribution is -2.37. The molecule has 0 unspecified atom stereocenters. The fourth-order valence-electron chi connectivity index (χ4n) is 1.35. The van der Waals surface area contributed by atoms with E-state index in [2.05, 4.69) is 20.8 Å². The first-order valence-corrected chi connectivity index (χ1v) is 6.79. The summed E-state index contributed by atoms with van der Waals surface area (Å²) in [6.07, 6.45) is -0.796. The van der Waals surface area contributed by atoms with Crippen LogP contribution in [-0.4, -0.2) is 40.6 Å². The monoisotopic (exact) mass is 294 g/mol. The molecule has 2 rings (SSSR count). The van der Waals surface area contributed by atoms with Crippen LogP contribution in [0.5, 0.6) is 5.75 Å². The topological polar surface area (TPSA) is 96.4 Å². The molecule has 1 atom stereocenters. The lowest BCUT2D eigenvalue weighted by molar-refractivity contribution is 0.108. The molecule has 8 heteroatoms. The number of benzene rings is 1. The van der Waals surface area contributed by atoms with Gasteiger partial charge in [0.1, 0.15) is 24.0 Å². The van der Waals surface area contributed by atoms with Crippen molar-refractivity contribution in [3.05, 3.63) is 35.8 Å². The van der Waals surface area contributed by atoms with Crippen LogP contribution in [0.1, 0.15) is 0 Å². The zero-order valence-electron chi connectivity index (χ0n) is 10.5. The number of aliphatic hydroxyl groups is 1. The summed E-state index contributed by atoms with van der Waals surface area (Å²) in [5.41, 5.74) is 1.51. The maximum Gasteiger partial charge on any atom is 0.321 e. The molecule has 2 aromatic rings. The number of rotatable bonds is 6. The van der Waals surface area contributed by atoms with Gasteiger partial charge in [-0.2, -0.15) is 0 Å². The van der Waals surface area contributed by atoms with Crippen LogP contribution in [-0.2, 0) is 0 Å². The van der Waals surface area contributed by atoms with Gasteiger partial charge in [0.25, 0.3) is 0 Å². The minimum absolute atomic E-state index is 0.0808. The van der Waals surface area contributed by atoms with E-state index in [1.54, 1.807) is 12.1 Å². The lowest BCUT2D eigenvalue weighted by atomic mass is 10.3. The van der Waals surface area contributed by atoms with E-state index in [0.29, 0.717) is 10.9 Å². The molecular formula is C12H14N4O3S. The van der Waals surface area contributed by atoms with Gasteiger partial charge in [0, 0.05) is 6.54 Å². The van der Waals surface area contributed by atoms with Gasteiger partial charge in [-0.3, -0.25) is 5.32 Å². The van der Waals surface area contributed by atoms with Crippen LogP contribution in [0.25, 0.3) is 0 Å². The molecule has 20 heavy (non-hydrogen) atoms. The number of para-hydroxylation sites is 1. The van der Waals surface area contributed by atoms with Crippen molar-refractivity contribution in [3.63, 3.8) is 0 Å². The first kappa shape index (κ1) is 14.2. The third kappa shape index (κ3) is 4.82. The molecule has 0 aliphatic heterocycles. The van der Waals surface area contributed by atoms with Gasteiger partial charge in [0.05, 0.1) is 0 Å². The van der Waals surface area contributed by atoms with Crippen molar-refractivity contribution in [3.8, 4) is 5.75 Å². The summed E-state index contributed by atoms with van der Waals surface area (Å²) in [7, 11) is 0. The van der Waals surface area contributed by atoms with E-state index in [4.69, 9.17) is 4.74 Å². The third-order valence-electron chi connectivity index (χ3n) is 2.26. The highest BCUT2D eigenvalue weighted by Gasteiger charge is 2.09. The molecule has 106 valence electrons. The molecule has 0 saturated carbocycles. The van der Waals surface area contributed by atoms with Crippen molar-refractivity contribution in [2.24, 2.45) is 0 Å². The molecule has 2 amide bonds. The fraction of sp³-hybridized carbons (Fsp3) is 0.250. The summed E-state index contributed by atoms with van der Waals surface area (Å²) in [6.45, 7) is 0.181. The van der Waals surface area contributed by atoms with E-state index in [9.17, 15) is 9.90 Å². The summed E-state index contributed by atoms with van der Waals surface area (Å²) in [6, 6.07) is 8.71. The number of hydrogen-bond donors (Lipinski definition) is 3. The van der Waals surface area contributed by atoms with Crippen molar-refractivity contribution in [2.75, 3.05) is 18.5 Å². The maximum absolute atomic E-state index is 11.5. The van der Waals surface area contributed by atoms with Crippen molar-refractivity contribution in [2.45, 2.75) is 6.10 Å². The first-order valence-electron chi connectivity index (χ1n) is 5.91. The van der Waals surface area contributed by atoms with Crippen molar-refractivity contribution < 1.29 is 14.6 Å². The second kappa shape index (κ2) is 7.41. The van der Waals surface area contributed by atoms with Crippen LogP contribution >= 0.6 is 11.3 Å². The van der Waals surface area contributed by atoms with E-state index in [1.807, 2.05) is 18.2 Å². The predicted molar refractivity (Wildman–Crippen MR) is 74.9 cm³/mol. The van der Waals surface area contributed by atoms with E-state index >= 15 is 0 Å². The quantitative estimate of drug-likeness (QED) is 0.741. The third-order valence-corrected chi connectivity index (χ3v) is 2.87. The molecule has 0 bridgehead atoms. The molecule has 1 heterocycles. The number of aliphatic hydroxyl groups excluding tert-OH is 1. The SMILES string of the molecule is O=C(NC[C@@H](O)COc1ccccc1)Nc1nncs1. The van der Waals surface area contributed by atoms with Gasteiger partial charge in [0.2, 0.25) is 5.13 Å². The smallest absolute Gasteiger partial charge is 0.321 e. The van der Waals surface area contributed by atoms with Crippen molar-refractivity contribution >= 4 is 22.5 Å². The van der Waals surface area contributed by atoms with Crippen LogP contribution in [0.2, 0.25) is 0 Å². The second-order valence-electron chi connectivity index (χ2n) is 3.86. The molecule has 0 aliphatic rings. The lowest BCUT2D eigenvalue weighted by Gasteiger charge is -2.13. The standard InChI is InChI=1S/C12H14N4O3S/c17-9(7-19-10-4-2-1-3-5-10)6-13-11(18)15-12-16-14-8-20-12/h1-5,8-9,17H,6-7H2,(H2,13,15,16,18)/t9-/m1/s1. The number of amides is 2. The molecule has 0 saturated heterocycles. The van der Waals surface area contributed by atoms with Crippen molar-refractivity contribution in [1.82, 2.24) is 15.5 Å². The summed E-state index contributed by atoms with van der Waals surface area (Å²) >= 11 is 1.21. The summed E-state index contributed by atoms with van der Waals surface area (Å²) < 4.78 is 5.36. The Morgan fingerprint density at radius 1 is 1.40 bits per heavy atom. The predicted octanol–water partition coefficient (Wildman–Crippen LogP) is 1.10. The molecule has 0 fully saturated rings. The molecule has 1 aromatic heterocycles. The highest BCUT2D eigenvalue weighted by molar-refractivity contribution is 7.13. The molecule has 0 aliphatic carbocycles. The van der Waals surface area contributed by atoms with Crippen molar-refractivity contribution in [1.29, 1.82) is 0 Å². The Kier molecular flexibility index (Phi) is 5.27. The van der Waals surface area contributed by atoms with Gasteiger partial charge in [0.15, 0.2) is 0 Å². The molecular weight excluding hydrogens is 280 g/mol. The Morgan fingerprint density at radius 3 is 2.90 bits per heavy atom. The van der Waals surface area contributed by atoms with Crippen LogP contribution in [0.15, 0.2) is 35.8 Å². The van der Waals surface area contributed by atoms with Gasteiger partial charge in [-0.15, -0.1) is 10.2 Å². The Morgan fingerprint density at radius 2 is 2.20 bits per heavy atom. The highest BCUT2D eigenvalue weighted by Crippen LogP contribution is 2.08. The second-order valence-corrected chi connectivity index (χ2v) is 4.69. The Hall–Kier alpha value is -2.19. The number of anilines is 1. The zero-order chi connectivity index (χ0) is 14.2. The number of aromatic nitrogens is 2. The summed E-state index contributed by atoms with van der Waals surface area (Å²) in [5.74, 6) is 0.671. The molecule has 3 N–H and O–H groups in total. The first-order chi connectivity index (χ1) is 9.74. The molecule has 0 spiro atoms. The number of carbonyl (C=O) groups excluding carboxylic acids is 1. The number of nitrogens with zero attached hydrogens (tertiary/aromatic N) is 2. The van der Waals surface area contributed by atoms with Crippen LogP contribution in [0.4, 0.5) is 9.93 Å². The van der Waals surface area contributed by atoms with Gasteiger partial charge in [-0.1, -0.05) is 29.5 Å². The highest BCUT2D eigenvalue weighted by atomic mass is 32.1. The van der Waals surface area contributed by atoms with Gasteiger partial charge in [-0.25, -0.2) is 4.79 Å². The van der Waals surface area contributed by atoms with E-state index in [0.717, 1.165) is 0 Å². The molecule has 7 nitrogen and oxygen atoms in total. The maximum atomic E-state index is 11.5. The minimum Gasteiger partial charge on any atom is -0.491 e. The normalized spacial score (nSPS) is 11.7. The van der Waals surface area contributed by atoms with Gasteiger partial charge in [-0.05, 0) is 12.1 Å². The van der Waals surface area contributed by atoms with Gasteiger partial charge >= 0.3 is 6.03 Å². The Labute approximate surface area is 119 Å². The van der Waals surface area contributed by atoms with Gasteiger partial charge < -0.3 is 15.2 Å². The zero-order valence-corrected chi connectivity index (χ0v) is 11.3. The number of ether oxygens (including phenoxy) is 1. The van der Waals surface area contributed by atoms with Crippen LogP contribution in [0.3, 0.4) is 0 Å². The van der Waals surface area contributed by atoms with E-state index in [-0.39, 0.29) is 13.2 Å². The summed E-state index contributed by atoms with van der Waals surface area (Å²) in [5, 5.41) is 22.4. The molecule has 0 radical (unpaired) electrons. The number of carbonyl (C=O) groups is 1. The average Bonchev–Trinajstić information content (AvgIpc) is 2.97. The average molecular weight is 294 g/mol. The number of nitrogens with one attached hydrogen (secondary N) is 2. The fourth-order valence-corrected chi connectivity index (χ4v) is 1.79. The molecule has 1 aromatic carbocycles.